The van der Waals surface area contributed by atoms with Crippen molar-refractivity contribution >= 4 is 22.3 Å². The van der Waals surface area contributed by atoms with Crippen molar-refractivity contribution < 1.29 is 4.55 Å². The van der Waals surface area contributed by atoms with Crippen LogP contribution in [0, 0.1) is 6.92 Å². The number of rotatable bonds is 4. The zero-order valence-corrected chi connectivity index (χ0v) is 18.2. The summed E-state index contributed by atoms with van der Waals surface area (Å²) in [6.45, 7) is 9.66. The van der Waals surface area contributed by atoms with Crippen LogP contribution in [0.25, 0.3) is 22.3 Å². The van der Waals surface area contributed by atoms with Gasteiger partial charge in [0.25, 0.3) is 5.56 Å². The normalized spacial score (nSPS) is 14.4. The average molecular weight is 402 g/mol. The summed E-state index contributed by atoms with van der Waals surface area (Å²) in [5.74, 6) is 0.555. The Hall–Kier alpha value is -2.16. The molecule has 0 radical (unpaired) electrons. The number of nitrogens with one attached hydrogen (secondary N) is 1. The summed E-state index contributed by atoms with van der Waals surface area (Å²) in [4.78, 5) is 17.9. The minimum atomic E-state index is -1.24. The van der Waals surface area contributed by atoms with Gasteiger partial charge in [-0.2, -0.15) is 5.10 Å². The Kier molecular flexibility index (Phi) is 5.40. The van der Waals surface area contributed by atoms with Crippen LogP contribution in [0.5, 0.6) is 0 Å². The van der Waals surface area contributed by atoms with Gasteiger partial charge in [0.1, 0.15) is 10.6 Å². The highest BCUT2D eigenvalue weighted by atomic mass is 32.2. The highest BCUT2D eigenvalue weighted by molar-refractivity contribution is 7.90. The molecule has 2 aromatic heterocycles. The molecule has 3 rings (SSSR count). The van der Waals surface area contributed by atoms with Crippen LogP contribution < -0.4 is 10.3 Å². The molecule has 0 bridgehead atoms. The van der Waals surface area contributed by atoms with Gasteiger partial charge >= 0.3 is 0 Å². The van der Waals surface area contributed by atoms with Crippen molar-refractivity contribution in [3.63, 3.8) is 0 Å². The number of hydrogen-bond acceptors (Lipinski definition) is 5. The third kappa shape index (κ3) is 3.85. The Morgan fingerprint density at radius 3 is 2.50 bits per heavy atom. The maximum atomic E-state index is 13.1. The summed E-state index contributed by atoms with van der Waals surface area (Å²) >= 11 is -1.24. The molecule has 8 heteroatoms. The first-order valence-corrected chi connectivity index (χ1v) is 10.3. The highest BCUT2D eigenvalue weighted by Gasteiger charge is 2.29. The van der Waals surface area contributed by atoms with Gasteiger partial charge in [-0.3, -0.25) is 14.0 Å². The van der Waals surface area contributed by atoms with Crippen LogP contribution >= 0.6 is 0 Å². The van der Waals surface area contributed by atoms with E-state index in [-0.39, 0.29) is 11.6 Å². The van der Waals surface area contributed by atoms with Crippen LogP contribution in [-0.2, 0) is 25.5 Å². The molecule has 0 spiro atoms. The van der Waals surface area contributed by atoms with Crippen LogP contribution in [-0.4, -0.2) is 28.6 Å². The predicted molar refractivity (Wildman–Crippen MR) is 113 cm³/mol. The van der Waals surface area contributed by atoms with Gasteiger partial charge < -0.3 is 4.55 Å². The van der Waals surface area contributed by atoms with E-state index in [1.54, 1.807) is 22.5 Å². The van der Waals surface area contributed by atoms with Crippen molar-refractivity contribution in [2.75, 3.05) is 0 Å². The van der Waals surface area contributed by atoms with E-state index in [1.807, 2.05) is 60.0 Å². The molecule has 0 saturated heterocycles. The Labute approximate surface area is 168 Å². The van der Waals surface area contributed by atoms with E-state index in [1.165, 1.54) is 0 Å². The Balaban J connectivity index is 2.20. The first-order valence-electron chi connectivity index (χ1n) is 9.17. The maximum absolute atomic E-state index is 13.1. The molecule has 3 aromatic rings. The summed E-state index contributed by atoms with van der Waals surface area (Å²) < 4.78 is 18.6. The lowest BCUT2D eigenvalue weighted by Crippen LogP contribution is -2.40. The monoisotopic (exact) mass is 401 g/mol. The van der Waals surface area contributed by atoms with Crippen molar-refractivity contribution in [1.29, 1.82) is 0 Å². The van der Waals surface area contributed by atoms with E-state index in [9.17, 15) is 9.35 Å². The van der Waals surface area contributed by atoms with Gasteiger partial charge in [0.15, 0.2) is 0 Å². The SMILES string of the molecule is Cc1cc(C(C)N[S+]([O-])C(C)(C)C)c2nc(-c3cnn(C)c3)n(C)c(=O)c2c1. The first kappa shape index (κ1) is 20.6. The number of fused-ring (bicyclic) bond motifs is 1. The fourth-order valence-electron chi connectivity index (χ4n) is 3.08. The number of benzene rings is 1. The van der Waals surface area contributed by atoms with Gasteiger partial charge in [0.05, 0.1) is 28.7 Å². The Morgan fingerprint density at radius 2 is 1.93 bits per heavy atom. The second kappa shape index (κ2) is 7.35. The molecule has 0 aliphatic rings. The van der Waals surface area contributed by atoms with Crippen LogP contribution in [0.1, 0.15) is 44.9 Å². The van der Waals surface area contributed by atoms with Crippen molar-refractivity contribution in [3.05, 3.63) is 46.0 Å². The van der Waals surface area contributed by atoms with E-state index < -0.39 is 16.1 Å². The van der Waals surface area contributed by atoms with E-state index >= 15 is 0 Å². The molecule has 150 valence electrons. The number of aromatic nitrogens is 4. The average Bonchev–Trinajstić information content (AvgIpc) is 3.03. The molecule has 0 fully saturated rings. The molecule has 0 amide bonds. The molecular formula is C20H27N5O2S. The Bertz CT molecular complexity index is 1080. The van der Waals surface area contributed by atoms with Crippen LogP contribution in [0.4, 0.5) is 0 Å². The zero-order chi connectivity index (χ0) is 20.8. The topological polar surface area (TPSA) is 87.8 Å². The molecule has 0 aliphatic heterocycles. The predicted octanol–water partition coefficient (Wildman–Crippen LogP) is 2.76. The fourth-order valence-corrected chi connectivity index (χ4v) is 3.88. The molecule has 2 unspecified atom stereocenters. The van der Waals surface area contributed by atoms with Gasteiger partial charge in [-0.05, 0) is 46.2 Å². The van der Waals surface area contributed by atoms with Crippen LogP contribution in [0.15, 0.2) is 29.3 Å². The Morgan fingerprint density at radius 1 is 1.25 bits per heavy atom. The van der Waals surface area contributed by atoms with Gasteiger partial charge in [0.2, 0.25) is 0 Å². The third-order valence-corrected chi connectivity index (χ3v) is 6.30. The number of nitrogens with zero attached hydrogens (tertiary/aromatic N) is 4. The molecule has 1 aromatic carbocycles. The minimum absolute atomic E-state index is 0.113. The van der Waals surface area contributed by atoms with Crippen molar-refractivity contribution in [1.82, 2.24) is 24.1 Å². The lowest BCUT2D eigenvalue weighted by atomic mass is 10.0. The van der Waals surface area contributed by atoms with Crippen LogP contribution in [0.3, 0.4) is 0 Å². The molecule has 0 aliphatic carbocycles. The summed E-state index contributed by atoms with van der Waals surface area (Å²) in [5.41, 5.74) is 3.10. The largest absolute Gasteiger partial charge is 0.598 e. The molecule has 1 N–H and O–H groups in total. The zero-order valence-electron chi connectivity index (χ0n) is 17.4. The van der Waals surface area contributed by atoms with Crippen molar-refractivity contribution in [3.8, 4) is 11.4 Å². The molecule has 7 nitrogen and oxygen atoms in total. The van der Waals surface area contributed by atoms with E-state index in [0.29, 0.717) is 16.7 Å². The van der Waals surface area contributed by atoms with Gasteiger partial charge in [-0.25, -0.2) is 4.98 Å². The van der Waals surface area contributed by atoms with E-state index in [0.717, 1.165) is 16.7 Å². The standard InChI is InChI=1S/C20H27N5O2S/c1-12-8-15(13(2)23-28(27)20(3,4)5)17-16(9-12)19(26)25(7)18(22-17)14-10-21-24(6)11-14/h8-11,13,23H,1-7H3. The molecule has 2 atom stereocenters. The summed E-state index contributed by atoms with van der Waals surface area (Å²) in [6.07, 6.45) is 3.52. The molecule has 0 saturated carbocycles. The second-order valence-corrected chi connectivity index (χ2v) is 10.2. The molecular weight excluding hydrogens is 374 g/mol. The van der Waals surface area contributed by atoms with Crippen LogP contribution in [0.2, 0.25) is 0 Å². The fraction of sp³-hybridized carbons (Fsp3) is 0.450. The smallest absolute Gasteiger partial charge is 0.261 e. The lowest BCUT2D eigenvalue weighted by molar-refractivity contribution is 0.531. The van der Waals surface area contributed by atoms with Gasteiger partial charge in [-0.15, -0.1) is 4.72 Å². The number of aryl methyl sites for hydroxylation is 2. The third-order valence-electron chi connectivity index (χ3n) is 4.62. The highest BCUT2D eigenvalue weighted by Crippen LogP contribution is 2.27. The van der Waals surface area contributed by atoms with Crippen molar-refractivity contribution in [2.24, 2.45) is 14.1 Å². The number of hydrogen-bond donors (Lipinski definition) is 1. The maximum Gasteiger partial charge on any atom is 0.261 e. The second-order valence-electron chi connectivity index (χ2n) is 8.17. The lowest BCUT2D eigenvalue weighted by Gasteiger charge is -2.27. The van der Waals surface area contributed by atoms with Gasteiger partial charge in [-0.1, -0.05) is 6.07 Å². The molecule has 2 heterocycles. The van der Waals surface area contributed by atoms with E-state index in [4.69, 9.17) is 4.98 Å². The van der Waals surface area contributed by atoms with Gasteiger partial charge in [0, 0.05) is 37.2 Å². The minimum Gasteiger partial charge on any atom is -0.598 e. The van der Waals surface area contributed by atoms with Crippen molar-refractivity contribution in [2.45, 2.75) is 45.4 Å². The first-order chi connectivity index (χ1) is 13.0. The summed E-state index contributed by atoms with van der Waals surface area (Å²) in [6, 6.07) is 3.62. The quantitative estimate of drug-likeness (QED) is 0.679. The molecule has 28 heavy (non-hydrogen) atoms. The summed E-state index contributed by atoms with van der Waals surface area (Å²) in [7, 11) is 3.54. The summed E-state index contributed by atoms with van der Waals surface area (Å²) in [5, 5.41) is 4.75. The van der Waals surface area contributed by atoms with E-state index in [2.05, 4.69) is 9.82 Å².